The van der Waals surface area contributed by atoms with Gasteiger partial charge in [-0.25, -0.2) is 13.1 Å². The van der Waals surface area contributed by atoms with Gasteiger partial charge in [0, 0.05) is 24.8 Å². The van der Waals surface area contributed by atoms with E-state index in [2.05, 4.69) is 23.5 Å². The molecule has 0 aliphatic heterocycles. The summed E-state index contributed by atoms with van der Waals surface area (Å²) in [5, 5.41) is 0. The molecular weight excluding hydrogens is 286 g/mol. The van der Waals surface area contributed by atoms with Crippen LogP contribution in [0.15, 0.2) is 11.0 Å². The summed E-state index contributed by atoms with van der Waals surface area (Å²) in [6.45, 7) is 10.6. The van der Waals surface area contributed by atoms with Crippen molar-refractivity contribution < 1.29 is 8.42 Å². The lowest BCUT2D eigenvalue weighted by atomic mass is 10.1. The van der Waals surface area contributed by atoms with Crippen LogP contribution >= 0.6 is 0 Å². The molecule has 0 aliphatic carbocycles. The maximum atomic E-state index is 12.5. The molecule has 0 radical (unpaired) electrons. The van der Waals surface area contributed by atoms with Crippen molar-refractivity contribution in [2.75, 3.05) is 25.9 Å². The van der Waals surface area contributed by atoms with Crippen LogP contribution < -0.4 is 10.5 Å². The summed E-state index contributed by atoms with van der Waals surface area (Å²) in [7, 11) is -1.57. The molecule has 1 rings (SSSR count). The Labute approximate surface area is 128 Å². The molecule has 0 fully saturated rings. The summed E-state index contributed by atoms with van der Waals surface area (Å²) in [6, 6.07) is 2.20. The highest BCUT2D eigenvalue weighted by atomic mass is 32.2. The summed E-state index contributed by atoms with van der Waals surface area (Å²) in [5.74, 6) is 0. The molecule has 0 saturated carbocycles. The number of likely N-dealkylation sites (N-methyl/N-ethyl adjacent to an activating group) is 1. The lowest BCUT2D eigenvalue weighted by Crippen LogP contribution is -2.36. The molecule has 0 spiro atoms. The Morgan fingerprint density at radius 2 is 1.81 bits per heavy atom. The molecule has 0 aliphatic rings. The minimum atomic E-state index is -3.54. The SMILES string of the molecule is Cc1cc(N)c(C)c(S(=O)(=O)NCCN(C)C(C)C)c1C. The molecule has 120 valence electrons. The highest BCUT2D eigenvalue weighted by Crippen LogP contribution is 2.27. The number of sulfonamides is 1. The van der Waals surface area contributed by atoms with Gasteiger partial charge in [-0.3, -0.25) is 0 Å². The fraction of sp³-hybridized carbons (Fsp3) is 0.600. The number of nitrogens with two attached hydrogens (primary N) is 1. The van der Waals surface area contributed by atoms with Crippen LogP contribution in [0, 0.1) is 20.8 Å². The normalized spacial score (nSPS) is 12.4. The van der Waals surface area contributed by atoms with E-state index in [1.54, 1.807) is 6.92 Å². The van der Waals surface area contributed by atoms with Gasteiger partial charge in [0.05, 0.1) is 4.90 Å². The van der Waals surface area contributed by atoms with Crippen molar-refractivity contribution in [3.63, 3.8) is 0 Å². The van der Waals surface area contributed by atoms with Gasteiger partial charge in [-0.1, -0.05) is 0 Å². The Morgan fingerprint density at radius 3 is 2.33 bits per heavy atom. The fourth-order valence-electron chi connectivity index (χ4n) is 2.13. The summed E-state index contributed by atoms with van der Waals surface area (Å²) >= 11 is 0. The Bertz CT molecular complexity index is 584. The van der Waals surface area contributed by atoms with Gasteiger partial charge in [0.1, 0.15) is 0 Å². The van der Waals surface area contributed by atoms with Gasteiger partial charge in [0.25, 0.3) is 0 Å². The van der Waals surface area contributed by atoms with Gasteiger partial charge in [0.2, 0.25) is 10.0 Å². The van der Waals surface area contributed by atoms with Gasteiger partial charge in [-0.05, 0) is 64.4 Å². The molecule has 0 bridgehead atoms. The van der Waals surface area contributed by atoms with Crippen LogP contribution in [0.4, 0.5) is 5.69 Å². The largest absolute Gasteiger partial charge is 0.398 e. The van der Waals surface area contributed by atoms with Crippen LogP contribution in [0.3, 0.4) is 0 Å². The highest BCUT2D eigenvalue weighted by Gasteiger charge is 2.22. The van der Waals surface area contributed by atoms with Gasteiger partial charge in [-0.2, -0.15) is 0 Å². The summed E-state index contributed by atoms with van der Waals surface area (Å²) in [4.78, 5) is 2.40. The first kappa shape index (κ1) is 17.9. The van der Waals surface area contributed by atoms with Gasteiger partial charge >= 0.3 is 0 Å². The number of anilines is 1. The first-order chi connectivity index (χ1) is 9.58. The van der Waals surface area contributed by atoms with E-state index in [-0.39, 0.29) is 0 Å². The number of hydrogen-bond acceptors (Lipinski definition) is 4. The Kier molecular flexibility index (Phi) is 5.78. The van der Waals surface area contributed by atoms with Crippen molar-refractivity contribution in [2.24, 2.45) is 0 Å². The molecule has 6 heteroatoms. The van der Waals surface area contributed by atoms with Crippen LogP contribution in [0.2, 0.25) is 0 Å². The number of aryl methyl sites for hydroxylation is 1. The molecule has 21 heavy (non-hydrogen) atoms. The molecule has 0 unspecified atom stereocenters. The lowest BCUT2D eigenvalue weighted by Gasteiger charge is -2.21. The van der Waals surface area contributed by atoms with Crippen LogP contribution in [0.1, 0.15) is 30.5 Å². The standard InChI is InChI=1S/C15H27N3O2S/c1-10(2)18(6)8-7-17-21(19,20)15-12(4)11(3)9-14(16)13(15)5/h9-10,17H,7-8,16H2,1-6H3. The van der Waals surface area contributed by atoms with E-state index >= 15 is 0 Å². The first-order valence-corrected chi connectivity index (χ1v) is 8.62. The zero-order valence-corrected chi connectivity index (χ0v) is 14.6. The predicted molar refractivity (Wildman–Crippen MR) is 88.0 cm³/mol. The quantitative estimate of drug-likeness (QED) is 0.786. The average Bonchev–Trinajstić information content (AvgIpc) is 2.35. The highest BCUT2D eigenvalue weighted by molar-refractivity contribution is 7.89. The van der Waals surface area contributed by atoms with E-state index in [0.29, 0.717) is 35.3 Å². The minimum Gasteiger partial charge on any atom is -0.398 e. The Balaban J connectivity index is 2.99. The molecular formula is C15H27N3O2S. The second kappa shape index (κ2) is 6.77. The third kappa shape index (κ3) is 4.18. The van der Waals surface area contributed by atoms with E-state index in [1.807, 2.05) is 27.0 Å². The number of nitrogen functional groups attached to an aromatic ring is 1. The second-order valence-electron chi connectivity index (χ2n) is 5.83. The number of nitrogens with one attached hydrogen (secondary N) is 1. The number of nitrogens with zero attached hydrogens (tertiary/aromatic N) is 1. The van der Waals surface area contributed by atoms with Crippen molar-refractivity contribution in [3.8, 4) is 0 Å². The molecule has 0 aromatic heterocycles. The topological polar surface area (TPSA) is 75.4 Å². The van der Waals surface area contributed by atoms with Crippen molar-refractivity contribution in [2.45, 2.75) is 45.6 Å². The summed E-state index contributed by atoms with van der Waals surface area (Å²) in [5.41, 5.74) is 8.67. The van der Waals surface area contributed by atoms with E-state index < -0.39 is 10.0 Å². The molecule has 0 heterocycles. The molecule has 1 aromatic rings. The van der Waals surface area contributed by atoms with Gasteiger partial charge in [-0.15, -0.1) is 0 Å². The predicted octanol–water partition coefficient (Wildman–Crippen LogP) is 1.81. The maximum absolute atomic E-state index is 12.5. The second-order valence-corrected chi connectivity index (χ2v) is 7.54. The monoisotopic (exact) mass is 313 g/mol. The van der Waals surface area contributed by atoms with Crippen LogP contribution in [0.5, 0.6) is 0 Å². The lowest BCUT2D eigenvalue weighted by molar-refractivity contribution is 0.278. The molecule has 5 nitrogen and oxygen atoms in total. The van der Waals surface area contributed by atoms with E-state index in [1.165, 1.54) is 0 Å². The minimum absolute atomic E-state index is 0.312. The third-order valence-electron chi connectivity index (χ3n) is 3.98. The molecule has 3 N–H and O–H groups in total. The smallest absolute Gasteiger partial charge is 0.241 e. The average molecular weight is 313 g/mol. The summed E-state index contributed by atoms with van der Waals surface area (Å²) < 4.78 is 27.8. The Hall–Kier alpha value is -1.11. The number of hydrogen-bond donors (Lipinski definition) is 2. The number of benzene rings is 1. The van der Waals surface area contributed by atoms with Crippen molar-refractivity contribution in [1.82, 2.24) is 9.62 Å². The van der Waals surface area contributed by atoms with Crippen LogP contribution in [0.25, 0.3) is 0 Å². The number of rotatable bonds is 6. The molecule has 0 atom stereocenters. The zero-order chi connectivity index (χ0) is 16.4. The molecule has 0 saturated heterocycles. The fourth-order valence-corrected chi connectivity index (χ4v) is 3.72. The molecule has 1 aromatic carbocycles. The van der Waals surface area contributed by atoms with E-state index in [0.717, 1.165) is 11.1 Å². The van der Waals surface area contributed by atoms with Crippen LogP contribution in [-0.4, -0.2) is 39.5 Å². The first-order valence-electron chi connectivity index (χ1n) is 7.14. The van der Waals surface area contributed by atoms with Crippen molar-refractivity contribution in [1.29, 1.82) is 0 Å². The zero-order valence-electron chi connectivity index (χ0n) is 13.8. The van der Waals surface area contributed by atoms with Crippen molar-refractivity contribution >= 4 is 15.7 Å². The van der Waals surface area contributed by atoms with Gasteiger partial charge in [0.15, 0.2) is 0 Å². The maximum Gasteiger partial charge on any atom is 0.241 e. The van der Waals surface area contributed by atoms with Crippen LogP contribution in [-0.2, 0) is 10.0 Å². The van der Waals surface area contributed by atoms with Crippen molar-refractivity contribution in [3.05, 3.63) is 22.8 Å². The molecule has 0 amide bonds. The third-order valence-corrected chi connectivity index (χ3v) is 5.72. The Morgan fingerprint density at radius 1 is 1.24 bits per heavy atom. The van der Waals surface area contributed by atoms with E-state index in [9.17, 15) is 8.42 Å². The van der Waals surface area contributed by atoms with Gasteiger partial charge < -0.3 is 10.6 Å². The van der Waals surface area contributed by atoms with E-state index in [4.69, 9.17) is 5.73 Å². The summed E-state index contributed by atoms with van der Waals surface area (Å²) in [6.07, 6.45) is 0.